The number of anilines is 1. The smallest absolute Gasteiger partial charge is 0.214 e. The van der Waals surface area contributed by atoms with Crippen molar-refractivity contribution in [3.05, 3.63) is 72.8 Å². The Morgan fingerprint density at radius 2 is 1.64 bits per heavy atom. The van der Waals surface area contributed by atoms with Crippen molar-refractivity contribution in [3.63, 3.8) is 0 Å². The molecule has 4 heteroatoms. The normalized spacial score (nSPS) is 10.6. The highest BCUT2D eigenvalue weighted by atomic mass is 16.4. The lowest BCUT2D eigenvalue weighted by Crippen LogP contribution is -2.26. The molecule has 2 aromatic carbocycles. The van der Waals surface area contributed by atoms with Gasteiger partial charge in [-0.15, -0.1) is 0 Å². The molecule has 0 bridgehead atoms. The van der Waals surface area contributed by atoms with Gasteiger partial charge in [-0.3, -0.25) is 0 Å². The van der Waals surface area contributed by atoms with E-state index in [9.17, 15) is 5.11 Å². The first kappa shape index (κ1) is 14.4. The van der Waals surface area contributed by atoms with Gasteiger partial charge < -0.3 is 14.4 Å². The Morgan fingerprint density at radius 1 is 0.955 bits per heavy atom. The Kier molecular flexibility index (Phi) is 4.51. The average molecular weight is 294 g/mol. The molecule has 0 saturated heterocycles. The number of oxazole rings is 1. The summed E-state index contributed by atoms with van der Waals surface area (Å²) < 4.78 is 5.83. The molecule has 0 aliphatic rings. The lowest BCUT2D eigenvalue weighted by atomic mass is 10.2. The Bertz CT molecular complexity index is 695. The van der Waals surface area contributed by atoms with Crippen LogP contribution in [0.25, 0.3) is 11.3 Å². The maximum absolute atomic E-state index is 9.27. The molecule has 1 N–H and O–H groups in total. The second-order valence-electron chi connectivity index (χ2n) is 4.96. The molecule has 1 heterocycles. The van der Waals surface area contributed by atoms with Gasteiger partial charge in [0.2, 0.25) is 5.89 Å². The van der Waals surface area contributed by atoms with Crippen molar-refractivity contribution in [2.45, 2.75) is 6.54 Å². The number of aromatic nitrogens is 1. The van der Waals surface area contributed by atoms with Crippen molar-refractivity contribution >= 4 is 5.69 Å². The molecule has 22 heavy (non-hydrogen) atoms. The van der Waals surface area contributed by atoms with E-state index in [-0.39, 0.29) is 6.61 Å². The largest absolute Gasteiger partial charge is 0.439 e. The fraction of sp³-hybridized carbons (Fsp3) is 0.167. The van der Waals surface area contributed by atoms with Gasteiger partial charge in [0.15, 0.2) is 5.76 Å². The van der Waals surface area contributed by atoms with E-state index < -0.39 is 0 Å². The Labute approximate surface area is 129 Å². The number of aliphatic hydroxyl groups excluding tert-OH is 1. The first-order valence-electron chi connectivity index (χ1n) is 7.28. The van der Waals surface area contributed by atoms with Gasteiger partial charge >= 0.3 is 0 Å². The van der Waals surface area contributed by atoms with Crippen LogP contribution in [0.1, 0.15) is 5.89 Å². The number of rotatable bonds is 6. The molecule has 0 saturated carbocycles. The van der Waals surface area contributed by atoms with Crippen LogP contribution in [-0.4, -0.2) is 23.2 Å². The molecule has 0 radical (unpaired) electrons. The zero-order valence-electron chi connectivity index (χ0n) is 12.2. The van der Waals surface area contributed by atoms with Crippen molar-refractivity contribution in [3.8, 4) is 11.3 Å². The lowest BCUT2D eigenvalue weighted by Gasteiger charge is -2.22. The SMILES string of the molecule is OCCN(Cc1ncc(-c2ccccc2)o1)c1ccccc1. The molecule has 3 aromatic rings. The van der Waals surface area contributed by atoms with Crippen LogP contribution in [0.5, 0.6) is 0 Å². The van der Waals surface area contributed by atoms with Gasteiger partial charge in [-0.05, 0) is 12.1 Å². The third kappa shape index (κ3) is 3.35. The third-order valence-electron chi connectivity index (χ3n) is 3.43. The quantitative estimate of drug-likeness (QED) is 0.757. The molecule has 112 valence electrons. The van der Waals surface area contributed by atoms with E-state index in [0.29, 0.717) is 19.0 Å². The summed E-state index contributed by atoms with van der Waals surface area (Å²) in [5, 5.41) is 9.27. The topological polar surface area (TPSA) is 49.5 Å². The van der Waals surface area contributed by atoms with Crippen molar-refractivity contribution in [2.75, 3.05) is 18.1 Å². The first-order chi connectivity index (χ1) is 10.9. The highest BCUT2D eigenvalue weighted by Gasteiger charge is 2.11. The van der Waals surface area contributed by atoms with E-state index in [1.165, 1.54) is 0 Å². The highest BCUT2D eigenvalue weighted by molar-refractivity contribution is 5.56. The van der Waals surface area contributed by atoms with Crippen molar-refractivity contribution in [1.82, 2.24) is 4.98 Å². The van der Waals surface area contributed by atoms with E-state index in [4.69, 9.17) is 4.42 Å². The van der Waals surface area contributed by atoms with Crippen molar-refractivity contribution in [1.29, 1.82) is 0 Å². The van der Waals surface area contributed by atoms with Crippen LogP contribution in [0.3, 0.4) is 0 Å². The Hall–Kier alpha value is -2.59. The number of hydrogen-bond donors (Lipinski definition) is 1. The molecule has 0 aliphatic carbocycles. The second kappa shape index (κ2) is 6.91. The van der Waals surface area contributed by atoms with E-state index in [2.05, 4.69) is 4.98 Å². The monoisotopic (exact) mass is 294 g/mol. The standard InChI is InChI=1S/C18H18N2O2/c21-12-11-20(16-9-5-2-6-10-16)14-18-19-13-17(22-18)15-7-3-1-4-8-15/h1-10,13,21H,11-12,14H2. The summed E-state index contributed by atoms with van der Waals surface area (Å²) in [5.41, 5.74) is 2.05. The van der Waals surface area contributed by atoms with Gasteiger partial charge in [0.25, 0.3) is 0 Å². The van der Waals surface area contributed by atoms with Crippen LogP contribution in [-0.2, 0) is 6.54 Å². The minimum Gasteiger partial charge on any atom is -0.439 e. The molecule has 0 unspecified atom stereocenters. The van der Waals surface area contributed by atoms with Gasteiger partial charge in [-0.2, -0.15) is 0 Å². The average Bonchev–Trinajstić information content (AvgIpc) is 3.05. The van der Waals surface area contributed by atoms with Gasteiger partial charge in [0, 0.05) is 17.8 Å². The van der Waals surface area contributed by atoms with Crippen LogP contribution >= 0.6 is 0 Å². The van der Waals surface area contributed by atoms with Gasteiger partial charge in [-0.1, -0.05) is 48.5 Å². The Morgan fingerprint density at radius 3 is 2.32 bits per heavy atom. The fourth-order valence-corrected chi connectivity index (χ4v) is 2.34. The molecular weight excluding hydrogens is 276 g/mol. The van der Waals surface area contributed by atoms with Crippen LogP contribution in [0.4, 0.5) is 5.69 Å². The van der Waals surface area contributed by atoms with E-state index in [0.717, 1.165) is 17.0 Å². The minimum atomic E-state index is 0.0845. The molecule has 4 nitrogen and oxygen atoms in total. The van der Waals surface area contributed by atoms with E-state index in [1.807, 2.05) is 65.6 Å². The predicted octanol–water partition coefficient (Wildman–Crippen LogP) is 3.34. The molecule has 0 fully saturated rings. The molecule has 0 spiro atoms. The van der Waals surface area contributed by atoms with Crippen molar-refractivity contribution < 1.29 is 9.52 Å². The maximum Gasteiger partial charge on any atom is 0.214 e. The van der Waals surface area contributed by atoms with Crippen LogP contribution in [0, 0.1) is 0 Å². The lowest BCUT2D eigenvalue weighted by molar-refractivity contribution is 0.300. The Balaban J connectivity index is 1.78. The van der Waals surface area contributed by atoms with Gasteiger partial charge in [-0.25, -0.2) is 4.98 Å². The summed E-state index contributed by atoms with van der Waals surface area (Å²) >= 11 is 0. The van der Waals surface area contributed by atoms with Crippen LogP contribution in [0.15, 0.2) is 71.3 Å². The number of aliphatic hydroxyl groups is 1. The highest BCUT2D eigenvalue weighted by Crippen LogP contribution is 2.22. The minimum absolute atomic E-state index is 0.0845. The summed E-state index contributed by atoms with van der Waals surface area (Å²) in [6.07, 6.45) is 1.74. The maximum atomic E-state index is 9.27. The van der Waals surface area contributed by atoms with Crippen LogP contribution in [0.2, 0.25) is 0 Å². The number of benzene rings is 2. The van der Waals surface area contributed by atoms with Gasteiger partial charge in [0.05, 0.1) is 19.3 Å². The molecule has 3 rings (SSSR count). The number of nitrogens with zero attached hydrogens (tertiary/aromatic N) is 2. The third-order valence-corrected chi connectivity index (χ3v) is 3.43. The number of para-hydroxylation sites is 1. The van der Waals surface area contributed by atoms with Crippen LogP contribution < -0.4 is 4.90 Å². The summed E-state index contributed by atoms with van der Waals surface area (Å²) in [5.74, 6) is 1.39. The zero-order chi connectivity index (χ0) is 15.2. The summed E-state index contributed by atoms with van der Waals surface area (Å²) in [4.78, 5) is 6.39. The zero-order valence-corrected chi connectivity index (χ0v) is 12.2. The number of hydrogen-bond acceptors (Lipinski definition) is 4. The predicted molar refractivity (Wildman–Crippen MR) is 86.5 cm³/mol. The first-order valence-corrected chi connectivity index (χ1v) is 7.28. The second-order valence-corrected chi connectivity index (χ2v) is 4.96. The molecular formula is C18H18N2O2. The molecule has 0 amide bonds. The van der Waals surface area contributed by atoms with E-state index >= 15 is 0 Å². The molecule has 0 atom stereocenters. The van der Waals surface area contributed by atoms with Crippen molar-refractivity contribution in [2.24, 2.45) is 0 Å². The molecule has 1 aromatic heterocycles. The van der Waals surface area contributed by atoms with Gasteiger partial charge in [0.1, 0.15) is 0 Å². The van der Waals surface area contributed by atoms with E-state index in [1.54, 1.807) is 6.20 Å². The summed E-state index contributed by atoms with van der Waals surface area (Å²) in [6, 6.07) is 19.8. The fourth-order valence-electron chi connectivity index (χ4n) is 2.34. The summed E-state index contributed by atoms with van der Waals surface area (Å²) in [6.45, 7) is 1.14. The molecule has 0 aliphatic heterocycles. The summed E-state index contributed by atoms with van der Waals surface area (Å²) in [7, 11) is 0.